The molecule has 0 unspecified atom stereocenters. The third-order valence-corrected chi connectivity index (χ3v) is 3.19. The van der Waals surface area contributed by atoms with E-state index in [1.54, 1.807) is 0 Å². The Labute approximate surface area is 94.8 Å². The first-order valence-electron chi connectivity index (χ1n) is 4.66. The van der Waals surface area contributed by atoms with E-state index in [2.05, 4.69) is 27.2 Å². The van der Waals surface area contributed by atoms with Gasteiger partial charge in [0.25, 0.3) is 0 Å². The number of hydrogen-bond acceptors (Lipinski definition) is 3. The highest BCUT2D eigenvalue weighted by molar-refractivity contribution is 9.10. The van der Waals surface area contributed by atoms with Gasteiger partial charge in [-0.15, -0.1) is 0 Å². The topological polar surface area (TPSA) is 46.3 Å². The van der Waals surface area contributed by atoms with E-state index in [-0.39, 0.29) is 6.61 Å². The molecule has 0 atom stereocenters. The first kappa shape index (κ1) is 9.12. The minimum atomic E-state index is -0.0615. The van der Waals surface area contributed by atoms with Gasteiger partial charge in [-0.05, 0) is 23.8 Å². The Morgan fingerprint density at radius 3 is 3.13 bits per heavy atom. The van der Waals surface area contributed by atoms with Gasteiger partial charge in [0, 0.05) is 22.0 Å². The number of hydrogen-bond donors (Lipinski definition) is 1. The van der Waals surface area contributed by atoms with Gasteiger partial charge in [-0.25, -0.2) is 0 Å². The van der Waals surface area contributed by atoms with Gasteiger partial charge in [0.05, 0.1) is 6.61 Å². The third kappa shape index (κ3) is 1.25. The lowest BCUT2D eigenvalue weighted by Gasteiger charge is -1.98. The van der Waals surface area contributed by atoms with Crippen LogP contribution in [0.1, 0.15) is 16.8 Å². The molecule has 1 aromatic carbocycles. The van der Waals surface area contributed by atoms with Gasteiger partial charge in [-0.3, -0.25) is 0 Å². The van der Waals surface area contributed by atoms with E-state index in [0.29, 0.717) is 5.69 Å². The van der Waals surface area contributed by atoms with Crippen molar-refractivity contribution in [2.75, 3.05) is 0 Å². The Kier molecular flexibility index (Phi) is 1.94. The van der Waals surface area contributed by atoms with Crippen molar-refractivity contribution in [1.29, 1.82) is 0 Å². The molecule has 0 spiro atoms. The lowest BCUT2D eigenvalue weighted by molar-refractivity contribution is 0.266. The number of aromatic nitrogens is 1. The molecule has 15 heavy (non-hydrogen) atoms. The Hall–Kier alpha value is -1.13. The molecule has 4 heteroatoms. The number of aliphatic hydroxyl groups is 1. The Morgan fingerprint density at radius 1 is 1.47 bits per heavy atom. The number of rotatable bonds is 1. The van der Waals surface area contributed by atoms with Crippen molar-refractivity contribution in [2.24, 2.45) is 0 Å². The molecule has 0 saturated carbocycles. The molecule has 76 valence electrons. The van der Waals surface area contributed by atoms with Crippen LogP contribution in [0.3, 0.4) is 0 Å². The Bertz CT molecular complexity index is 533. The molecular formula is C11H8BrNO2. The minimum absolute atomic E-state index is 0.0615. The molecular weight excluding hydrogens is 258 g/mol. The fourth-order valence-electron chi connectivity index (χ4n) is 1.98. The lowest BCUT2D eigenvalue weighted by Crippen LogP contribution is -1.89. The van der Waals surface area contributed by atoms with Gasteiger partial charge >= 0.3 is 0 Å². The van der Waals surface area contributed by atoms with Crippen LogP contribution in [0.4, 0.5) is 0 Å². The molecule has 2 aromatic rings. The van der Waals surface area contributed by atoms with Crippen LogP contribution in [0, 0.1) is 0 Å². The lowest BCUT2D eigenvalue weighted by atomic mass is 10.1. The second-order valence-electron chi connectivity index (χ2n) is 3.57. The Morgan fingerprint density at radius 2 is 2.33 bits per heavy atom. The summed E-state index contributed by atoms with van der Waals surface area (Å²) < 4.78 is 6.30. The standard InChI is InChI=1S/C11H8BrNO2/c12-7-1-2-8-6(3-7)4-9-10(5-14)13-15-11(8)9/h1-3,14H,4-5H2. The first-order chi connectivity index (χ1) is 7.29. The normalized spacial score (nSPS) is 12.7. The van der Waals surface area contributed by atoms with Crippen LogP contribution in [0.25, 0.3) is 11.3 Å². The second kappa shape index (κ2) is 3.18. The number of nitrogens with zero attached hydrogens (tertiary/aromatic N) is 1. The SMILES string of the molecule is OCc1noc2c1Cc1cc(Br)ccc1-2. The minimum Gasteiger partial charge on any atom is -0.390 e. The molecule has 0 amide bonds. The third-order valence-electron chi connectivity index (χ3n) is 2.70. The van der Waals surface area contributed by atoms with Crippen LogP contribution >= 0.6 is 15.9 Å². The van der Waals surface area contributed by atoms with E-state index in [4.69, 9.17) is 9.63 Å². The highest BCUT2D eigenvalue weighted by atomic mass is 79.9. The number of benzene rings is 1. The van der Waals surface area contributed by atoms with Crippen molar-refractivity contribution < 1.29 is 9.63 Å². The summed E-state index contributed by atoms with van der Waals surface area (Å²) >= 11 is 3.44. The molecule has 0 bridgehead atoms. The van der Waals surface area contributed by atoms with Crippen LogP contribution in [-0.4, -0.2) is 10.3 Å². The molecule has 1 aliphatic rings. The maximum Gasteiger partial charge on any atom is 0.171 e. The Balaban J connectivity index is 2.20. The number of aliphatic hydroxyl groups excluding tert-OH is 1. The van der Waals surface area contributed by atoms with Crippen molar-refractivity contribution in [3.05, 3.63) is 39.5 Å². The predicted molar refractivity (Wildman–Crippen MR) is 58.4 cm³/mol. The van der Waals surface area contributed by atoms with Gasteiger partial charge in [-0.2, -0.15) is 0 Å². The van der Waals surface area contributed by atoms with Gasteiger partial charge < -0.3 is 9.63 Å². The zero-order valence-corrected chi connectivity index (χ0v) is 9.41. The zero-order chi connectivity index (χ0) is 10.4. The van der Waals surface area contributed by atoms with Crippen LogP contribution < -0.4 is 0 Å². The summed E-state index contributed by atoms with van der Waals surface area (Å²) in [6.07, 6.45) is 0.795. The van der Waals surface area contributed by atoms with E-state index in [0.717, 1.165) is 27.8 Å². The van der Waals surface area contributed by atoms with Crippen LogP contribution in [0.5, 0.6) is 0 Å². The summed E-state index contributed by atoms with van der Waals surface area (Å²) in [4.78, 5) is 0. The molecule has 0 fully saturated rings. The van der Waals surface area contributed by atoms with E-state index >= 15 is 0 Å². The molecule has 1 aliphatic carbocycles. The summed E-state index contributed by atoms with van der Waals surface area (Å²) in [5.41, 5.74) is 3.97. The molecule has 1 heterocycles. The largest absolute Gasteiger partial charge is 0.390 e. The van der Waals surface area contributed by atoms with Gasteiger partial charge in [-0.1, -0.05) is 21.1 Å². The van der Waals surface area contributed by atoms with Gasteiger partial charge in [0.15, 0.2) is 5.76 Å². The van der Waals surface area contributed by atoms with E-state index in [9.17, 15) is 0 Å². The highest BCUT2D eigenvalue weighted by Crippen LogP contribution is 2.39. The summed E-state index contributed by atoms with van der Waals surface area (Å²) in [7, 11) is 0. The van der Waals surface area contributed by atoms with Crippen molar-refractivity contribution >= 4 is 15.9 Å². The molecule has 3 nitrogen and oxygen atoms in total. The predicted octanol–water partition coefficient (Wildman–Crippen LogP) is 2.50. The average molecular weight is 266 g/mol. The van der Waals surface area contributed by atoms with Crippen molar-refractivity contribution in [3.8, 4) is 11.3 Å². The van der Waals surface area contributed by atoms with Gasteiger partial charge in [0.1, 0.15) is 5.69 Å². The van der Waals surface area contributed by atoms with Crippen LogP contribution in [-0.2, 0) is 13.0 Å². The van der Waals surface area contributed by atoms with Crippen LogP contribution in [0.15, 0.2) is 27.2 Å². The van der Waals surface area contributed by atoms with E-state index in [1.807, 2.05) is 12.1 Å². The summed E-state index contributed by atoms with van der Waals surface area (Å²) in [5, 5.41) is 12.9. The van der Waals surface area contributed by atoms with Gasteiger partial charge in [0.2, 0.25) is 0 Å². The monoisotopic (exact) mass is 265 g/mol. The molecule has 1 aromatic heterocycles. The van der Waals surface area contributed by atoms with Crippen molar-refractivity contribution in [3.63, 3.8) is 0 Å². The molecule has 0 aliphatic heterocycles. The zero-order valence-electron chi connectivity index (χ0n) is 7.83. The van der Waals surface area contributed by atoms with E-state index < -0.39 is 0 Å². The summed E-state index contributed by atoms with van der Waals surface area (Å²) in [6.45, 7) is -0.0615. The fraction of sp³-hybridized carbons (Fsp3) is 0.182. The van der Waals surface area contributed by atoms with Crippen molar-refractivity contribution in [1.82, 2.24) is 5.16 Å². The quantitative estimate of drug-likeness (QED) is 0.736. The molecule has 1 N–H and O–H groups in total. The summed E-state index contributed by atoms with van der Waals surface area (Å²) in [5.74, 6) is 0.807. The maximum atomic E-state index is 9.09. The fourth-order valence-corrected chi connectivity index (χ4v) is 2.39. The summed E-state index contributed by atoms with van der Waals surface area (Å²) in [6, 6.07) is 6.07. The van der Waals surface area contributed by atoms with Crippen LogP contribution in [0.2, 0.25) is 0 Å². The molecule has 0 radical (unpaired) electrons. The first-order valence-corrected chi connectivity index (χ1v) is 5.46. The smallest absolute Gasteiger partial charge is 0.171 e. The molecule has 3 rings (SSSR count). The highest BCUT2D eigenvalue weighted by Gasteiger charge is 2.26. The number of halogens is 1. The average Bonchev–Trinajstić information content (AvgIpc) is 2.74. The molecule has 0 saturated heterocycles. The number of fused-ring (bicyclic) bond motifs is 3. The van der Waals surface area contributed by atoms with E-state index in [1.165, 1.54) is 5.56 Å². The second-order valence-corrected chi connectivity index (χ2v) is 4.49. The maximum absolute atomic E-state index is 9.09. The van der Waals surface area contributed by atoms with Crippen molar-refractivity contribution in [2.45, 2.75) is 13.0 Å².